The summed E-state index contributed by atoms with van der Waals surface area (Å²) in [5.74, 6) is -0.854. The van der Waals surface area contributed by atoms with E-state index in [2.05, 4.69) is 5.32 Å². The maximum Gasteiger partial charge on any atom is 0.251 e. The Morgan fingerprint density at radius 2 is 1.74 bits per heavy atom. The van der Waals surface area contributed by atoms with Gasteiger partial charge in [0, 0.05) is 32.2 Å². The molecular formula is C25H33N3O5S. The van der Waals surface area contributed by atoms with Crippen LogP contribution in [0.4, 0.5) is 0 Å². The number of hydrogen-bond acceptors (Lipinski definition) is 5. The van der Waals surface area contributed by atoms with Crippen LogP contribution < -0.4 is 5.32 Å². The summed E-state index contributed by atoms with van der Waals surface area (Å²) in [7, 11) is -2.02. The number of sulfonamides is 1. The molecule has 184 valence electrons. The normalized spacial score (nSPS) is 15.7. The molecule has 1 N–H and O–H groups in total. The van der Waals surface area contributed by atoms with Crippen molar-refractivity contribution in [3.63, 3.8) is 0 Å². The lowest BCUT2D eigenvalue weighted by Gasteiger charge is -2.27. The van der Waals surface area contributed by atoms with E-state index >= 15 is 0 Å². The number of benzene rings is 2. The second-order valence-corrected chi connectivity index (χ2v) is 10.9. The molecule has 2 aromatic carbocycles. The van der Waals surface area contributed by atoms with Crippen molar-refractivity contribution in [2.24, 2.45) is 5.92 Å². The topological polar surface area (TPSA) is 96.0 Å². The quantitative estimate of drug-likeness (QED) is 0.617. The number of amides is 2. The molecule has 1 atom stereocenters. The van der Waals surface area contributed by atoms with Crippen molar-refractivity contribution in [2.45, 2.75) is 38.3 Å². The van der Waals surface area contributed by atoms with E-state index in [1.54, 1.807) is 18.0 Å². The molecule has 34 heavy (non-hydrogen) atoms. The van der Waals surface area contributed by atoms with Gasteiger partial charge in [-0.2, -0.15) is 4.31 Å². The lowest BCUT2D eigenvalue weighted by Crippen LogP contribution is -2.50. The summed E-state index contributed by atoms with van der Waals surface area (Å²) in [4.78, 5) is 27.8. The number of aryl methyl sites for hydroxylation is 1. The van der Waals surface area contributed by atoms with E-state index in [0.29, 0.717) is 19.8 Å². The molecular weight excluding hydrogens is 454 g/mol. The molecule has 1 fully saturated rings. The second-order valence-electron chi connectivity index (χ2n) is 8.92. The van der Waals surface area contributed by atoms with Gasteiger partial charge in [0.1, 0.15) is 6.04 Å². The van der Waals surface area contributed by atoms with Gasteiger partial charge in [-0.15, -0.1) is 0 Å². The molecule has 0 unspecified atom stereocenters. The van der Waals surface area contributed by atoms with Crippen molar-refractivity contribution >= 4 is 21.8 Å². The molecule has 0 radical (unpaired) electrons. The van der Waals surface area contributed by atoms with E-state index in [1.807, 2.05) is 45.0 Å². The number of rotatable bonds is 8. The highest BCUT2D eigenvalue weighted by Gasteiger charge is 2.29. The number of nitrogens with zero attached hydrogens (tertiary/aromatic N) is 2. The average molecular weight is 488 g/mol. The molecule has 1 aliphatic rings. The van der Waals surface area contributed by atoms with Crippen molar-refractivity contribution in [3.05, 3.63) is 65.2 Å². The monoisotopic (exact) mass is 487 g/mol. The Morgan fingerprint density at radius 3 is 2.35 bits per heavy atom. The minimum Gasteiger partial charge on any atom is -0.379 e. The third kappa shape index (κ3) is 6.22. The number of likely N-dealkylation sites (N-methyl/N-ethyl adjacent to an activating group) is 1. The first-order chi connectivity index (χ1) is 16.1. The first-order valence-electron chi connectivity index (χ1n) is 11.4. The Labute approximate surface area is 201 Å². The predicted octanol–water partition coefficient (Wildman–Crippen LogP) is 2.43. The smallest absolute Gasteiger partial charge is 0.251 e. The van der Waals surface area contributed by atoms with Crippen LogP contribution in [0.2, 0.25) is 0 Å². The van der Waals surface area contributed by atoms with Gasteiger partial charge in [0.25, 0.3) is 5.91 Å². The van der Waals surface area contributed by atoms with Gasteiger partial charge in [-0.25, -0.2) is 8.42 Å². The summed E-state index contributed by atoms with van der Waals surface area (Å²) in [5.41, 5.74) is 2.33. The Bertz CT molecular complexity index is 1110. The van der Waals surface area contributed by atoms with Gasteiger partial charge in [0.2, 0.25) is 15.9 Å². The first kappa shape index (κ1) is 25.9. The van der Waals surface area contributed by atoms with Crippen LogP contribution in [0.25, 0.3) is 0 Å². The Hall–Kier alpha value is -2.75. The highest BCUT2D eigenvalue weighted by atomic mass is 32.2. The molecule has 1 heterocycles. The third-order valence-electron chi connectivity index (χ3n) is 5.84. The van der Waals surface area contributed by atoms with E-state index in [1.165, 1.54) is 22.5 Å². The fourth-order valence-electron chi connectivity index (χ4n) is 3.75. The van der Waals surface area contributed by atoms with Crippen molar-refractivity contribution < 1.29 is 22.7 Å². The molecule has 9 heteroatoms. The van der Waals surface area contributed by atoms with Crippen molar-refractivity contribution in [2.75, 3.05) is 33.4 Å². The number of morpholine rings is 1. The van der Waals surface area contributed by atoms with Gasteiger partial charge in [-0.1, -0.05) is 49.7 Å². The molecule has 0 aliphatic carbocycles. The average Bonchev–Trinajstić information content (AvgIpc) is 2.83. The Balaban J connectivity index is 1.73. The third-order valence-corrected chi connectivity index (χ3v) is 7.73. The summed E-state index contributed by atoms with van der Waals surface area (Å²) in [6.07, 6.45) is 0. The lowest BCUT2D eigenvalue weighted by atomic mass is 10.0. The van der Waals surface area contributed by atoms with Gasteiger partial charge < -0.3 is 15.0 Å². The minimum absolute atomic E-state index is 0.0472. The molecule has 1 saturated heterocycles. The summed E-state index contributed by atoms with van der Waals surface area (Å²) in [6.45, 7) is 7.38. The van der Waals surface area contributed by atoms with E-state index in [0.717, 1.165) is 11.1 Å². The van der Waals surface area contributed by atoms with Crippen LogP contribution >= 0.6 is 0 Å². The summed E-state index contributed by atoms with van der Waals surface area (Å²) < 4.78 is 32.5. The maximum absolute atomic E-state index is 13.2. The first-order valence-corrected chi connectivity index (χ1v) is 12.8. The van der Waals surface area contributed by atoms with E-state index < -0.39 is 22.0 Å². The number of nitrogens with one attached hydrogen (secondary N) is 1. The molecule has 1 aliphatic heterocycles. The van der Waals surface area contributed by atoms with Gasteiger partial charge in [-0.3, -0.25) is 9.59 Å². The summed E-state index contributed by atoms with van der Waals surface area (Å²) >= 11 is 0. The Kier molecular flexibility index (Phi) is 8.46. The molecule has 0 aromatic heterocycles. The number of hydrogen-bond donors (Lipinski definition) is 1. The number of carbonyl (C=O) groups is 2. The highest BCUT2D eigenvalue weighted by Crippen LogP contribution is 2.19. The molecule has 0 spiro atoms. The highest BCUT2D eigenvalue weighted by molar-refractivity contribution is 7.89. The molecule has 3 rings (SSSR count). The zero-order valence-electron chi connectivity index (χ0n) is 20.2. The zero-order valence-corrected chi connectivity index (χ0v) is 21.0. The second kappa shape index (κ2) is 11.1. The maximum atomic E-state index is 13.2. The minimum atomic E-state index is -3.73. The van der Waals surface area contributed by atoms with E-state index in [-0.39, 0.29) is 35.4 Å². The number of carbonyl (C=O) groups excluding carboxylic acids is 2. The van der Waals surface area contributed by atoms with Crippen LogP contribution in [0.5, 0.6) is 0 Å². The SMILES string of the molecule is Cc1ccc(CN(C)C(=O)[C@@H](NC(=O)c2cccc(S(=O)(=O)N3CCOCC3)c2)C(C)C)cc1. The zero-order chi connectivity index (χ0) is 24.9. The standard InChI is InChI=1S/C25H33N3O5S/c1-18(2)23(25(30)27(4)17-20-10-8-19(3)9-11-20)26-24(29)21-6-5-7-22(16-21)34(31,32)28-12-14-33-15-13-28/h5-11,16,18,23H,12-15,17H2,1-4H3,(H,26,29)/t23-/m0/s1. The van der Waals surface area contributed by atoms with E-state index in [9.17, 15) is 18.0 Å². The van der Waals surface area contributed by atoms with Crippen LogP contribution in [-0.2, 0) is 26.1 Å². The van der Waals surface area contributed by atoms with Crippen LogP contribution in [-0.4, -0.2) is 68.8 Å². The molecule has 0 saturated carbocycles. The summed E-state index contributed by atoms with van der Waals surface area (Å²) in [5, 5.41) is 2.81. The fraction of sp³-hybridized carbons (Fsp3) is 0.440. The molecule has 2 amide bonds. The van der Waals surface area contributed by atoms with Crippen molar-refractivity contribution in [3.8, 4) is 0 Å². The Morgan fingerprint density at radius 1 is 1.09 bits per heavy atom. The largest absolute Gasteiger partial charge is 0.379 e. The molecule has 0 bridgehead atoms. The van der Waals surface area contributed by atoms with Crippen LogP contribution in [0.1, 0.15) is 35.3 Å². The van der Waals surface area contributed by atoms with Crippen LogP contribution in [0.15, 0.2) is 53.4 Å². The van der Waals surface area contributed by atoms with Crippen LogP contribution in [0.3, 0.4) is 0 Å². The lowest BCUT2D eigenvalue weighted by molar-refractivity contribution is -0.133. The summed E-state index contributed by atoms with van der Waals surface area (Å²) in [6, 6.07) is 13.1. The van der Waals surface area contributed by atoms with Crippen molar-refractivity contribution in [1.82, 2.24) is 14.5 Å². The molecule has 8 nitrogen and oxygen atoms in total. The van der Waals surface area contributed by atoms with Gasteiger partial charge in [0.15, 0.2) is 0 Å². The predicted molar refractivity (Wildman–Crippen MR) is 130 cm³/mol. The molecule has 2 aromatic rings. The number of ether oxygens (including phenoxy) is 1. The fourth-order valence-corrected chi connectivity index (χ4v) is 5.21. The van der Waals surface area contributed by atoms with Crippen LogP contribution in [0, 0.1) is 12.8 Å². The van der Waals surface area contributed by atoms with Gasteiger partial charge in [0.05, 0.1) is 18.1 Å². The van der Waals surface area contributed by atoms with Crippen molar-refractivity contribution in [1.29, 1.82) is 0 Å². The van der Waals surface area contributed by atoms with Gasteiger partial charge in [-0.05, 0) is 36.6 Å². The van der Waals surface area contributed by atoms with E-state index in [4.69, 9.17) is 4.74 Å². The van der Waals surface area contributed by atoms with Gasteiger partial charge >= 0.3 is 0 Å².